The molecular weight excluding hydrogens is 286 g/mol. The van der Waals surface area contributed by atoms with Gasteiger partial charge in [-0.1, -0.05) is 6.92 Å². The van der Waals surface area contributed by atoms with Gasteiger partial charge in [0.25, 0.3) is 0 Å². The van der Waals surface area contributed by atoms with Gasteiger partial charge in [-0.05, 0) is 47.4 Å². The third-order valence-corrected chi connectivity index (χ3v) is 4.00. The molecule has 2 heterocycles. The van der Waals surface area contributed by atoms with Gasteiger partial charge in [0.05, 0.1) is 12.0 Å². The van der Waals surface area contributed by atoms with Crippen molar-refractivity contribution in [2.75, 3.05) is 13.1 Å². The first-order chi connectivity index (χ1) is 8.05. The number of halogens is 1. The number of carboxylic acids is 1. The van der Waals surface area contributed by atoms with Crippen molar-refractivity contribution >= 4 is 21.9 Å². The maximum atomic E-state index is 11.3. The molecule has 1 aliphatic heterocycles. The molecule has 1 saturated heterocycles. The molecule has 0 saturated carbocycles. The highest BCUT2D eigenvalue weighted by molar-refractivity contribution is 9.10. The van der Waals surface area contributed by atoms with E-state index in [1.807, 2.05) is 19.1 Å². The number of carbonyl (C=O) groups is 1. The molecule has 0 aromatic carbocycles. The molecule has 0 bridgehead atoms. The molecule has 1 atom stereocenters. The number of furan rings is 1. The minimum absolute atomic E-state index is 0.566. The van der Waals surface area contributed by atoms with E-state index < -0.39 is 11.4 Å². The zero-order valence-corrected chi connectivity index (χ0v) is 11.4. The number of likely N-dealkylation sites (tertiary alicyclic amines) is 1. The summed E-state index contributed by atoms with van der Waals surface area (Å²) in [6.45, 7) is 4.05. The van der Waals surface area contributed by atoms with E-state index in [2.05, 4.69) is 20.8 Å². The third kappa shape index (κ3) is 2.55. The van der Waals surface area contributed by atoms with E-state index in [4.69, 9.17) is 4.42 Å². The molecule has 1 fully saturated rings. The zero-order valence-electron chi connectivity index (χ0n) is 9.78. The van der Waals surface area contributed by atoms with Gasteiger partial charge >= 0.3 is 5.97 Å². The fourth-order valence-electron chi connectivity index (χ4n) is 2.36. The summed E-state index contributed by atoms with van der Waals surface area (Å²) in [6.07, 6.45) is 1.40. The Morgan fingerprint density at radius 3 is 2.88 bits per heavy atom. The average molecular weight is 302 g/mol. The molecule has 0 aliphatic carbocycles. The van der Waals surface area contributed by atoms with Gasteiger partial charge in [-0.15, -0.1) is 0 Å². The van der Waals surface area contributed by atoms with Gasteiger partial charge in [0.1, 0.15) is 5.76 Å². The maximum absolute atomic E-state index is 11.3. The molecule has 0 spiro atoms. The van der Waals surface area contributed by atoms with E-state index in [0.29, 0.717) is 24.2 Å². The van der Waals surface area contributed by atoms with Crippen molar-refractivity contribution in [3.8, 4) is 0 Å². The fourth-order valence-corrected chi connectivity index (χ4v) is 2.70. The topological polar surface area (TPSA) is 53.7 Å². The van der Waals surface area contributed by atoms with Gasteiger partial charge in [-0.25, -0.2) is 0 Å². The fraction of sp³-hybridized carbons (Fsp3) is 0.583. The number of carboxylic acid groups (broad SMARTS) is 1. The van der Waals surface area contributed by atoms with Crippen LogP contribution in [-0.2, 0) is 11.3 Å². The Balaban J connectivity index is 2.00. The summed E-state index contributed by atoms with van der Waals surface area (Å²) in [4.78, 5) is 13.4. The summed E-state index contributed by atoms with van der Waals surface area (Å²) in [5, 5.41) is 9.29. The monoisotopic (exact) mass is 301 g/mol. The normalized spacial score (nSPS) is 25.3. The predicted molar refractivity (Wildman–Crippen MR) is 66.7 cm³/mol. The molecule has 1 aromatic rings. The van der Waals surface area contributed by atoms with Crippen LogP contribution in [0.5, 0.6) is 0 Å². The first kappa shape index (κ1) is 12.6. The predicted octanol–water partition coefficient (Wildman–Crippen LogP) is 2.73. The van der Waals surface area contributed by atoms with Crippen LogP contribution in [0.3, 0.4) is 0 Å². The van der Waals surface area contributed by atoms with Crippen LogP contribution in [0.4, 0.5) is 0 Å². The Labute approximate surface area is 109 Å². The molecule has 1 unspecified atom stereocenters. The molecule has 5 heteroatoms. The summed E-state index contributed by atoms with van der Waals surface area (Å²) in [7, 11) is 0. The van der Waals surface area contributed by atoms with Crippen LogP contribution >= 0.6 is 15.9 Å². The molecule has 1 aliphatic rings. The van der Waals surface area contributed by atoms with Gasteiger partial charge in [-0.2, -0.15) is 0 Å². The van der Waals surface area contributed by atoms with Crippen molar-refractivity contribution in [2.45, 2.75) is 26.3 Å². The van der Waals surface area contributed by atoms with Crippen LogP contribution in [0.2, 0.25) is 0 Å². The van der Waals surface area contributed by atoms with Crippen LogP contribution in [0, 0.1) is 5.41 Å². The molecule has 2 rings (SSSR count). The summed E-state index contributed by atoms with van der Waals surface area (Å²) < 4.78 is 6.15. The highest BCUT2D eigenvalue weighted by Crippen LogP contribution is 2.35. The number of rotatable bonds is 4. The summed E-state index contributed by atoms with van der Waals surface area (Å²) >= 11 is 3.26. The highest BCUT2D eigenvalue weighted by atomic mass is 79.9. The Morgan fingerprint density at radius 2 is 2.41 bits per heavy atom. The van der Waals surface area contributed by atoms with Gasteiger partial charge in [0, 0.05) is 6.54 Å². The standard InChI is InChI=1S/C12H16BrNO3/c1-2-12(11(15)16)5-6-14(8-12)7-9-3-4-10(13)17-9/h3-4H,2,5-8H2,1H3,(H,15,16). The SMILES string of the molecule is CCC1(C(=O)O)CCN(Cc2ccc(Br)o2)C1. The lowest BCUT2D eigenvalue weighted by molar-refractivity contribution is -0.148. The van der Waals surface area contributed by atoms with Crippen LogP contribution in [0.25, 0.3) is 0 Å². The number of aliphatic carboxylic acids is 1. The van der Waals surface area contributed by atoms with E-state index in [0.717, 1.165) is 18.7 Å². The number of hydrogen-bond donors (Lipinski definition) is 1. The quantitative estimate of drug-likeness (QED) is 0.929. The summed E-state index contributed by atoms with van der Waals surface area (Å²) in [6, 6.07) is 3.77. The lowest BCUT2D eigenvalue weighted by Crippen LogP contribution is -2.33. The van der Waals surface area contributed by atoms with Gasteiger partial charge in [-0.3, -0.25) is 9.69 Å². The average Bonchev–Trinajstić information content (AvgIpc) is 2.87. The van der Waals surface area contributed by atoms with Crippen molar-refractivity contribution in [1.29, 1.82) is 0 Å². The van der Waals surface area contributed by atoms with E-state index in [-0.39, 0.29) is 0 Å². The minimum Gasteiger partial charge on any atom is -0.481 e. The molecule has 0 radical (unpaired) electrons. The first-order valence-corrected chi connectivity index (χ1v) is 6.55. The zero-order chi connectivity index (χ0) is 12.5. The Morgan fingerprint density at radius 1 is 1.65 bits per heavy atom. The van der Waals surface area contributed by atoms with Crippen LogP contribution < -0.4 is 0 Å². The van der Waals surface area contributed by atoms with Crippen LogP contribution in [0.15, 0.2) is 21.2 Å². The van der Waals surface area contributed by atoms with Crippen molar-refractivity contribution in [3.05, 3.63) is 22.6 Å². The number of hydrogen-bond acceptors (Lipinski definition) is 3. The molecule has 4 nitrogen and oxygen atoms in total. The Bertz CT molecular complexity index is 418. The minimum atomic E-state index is -0.678. The van der Waals surface area contributed by atoms with Crippen molar-refractivity contribution in [2.24, 2.45) is 5.41 Å². The van der Waals surface area contributed by atoms with Gasteiger partial charge in [0.15, 0.2) is 4.67 Å². The van der Waals surface area contributed by atoms with E-state index >= 15 is 0 Å². The summed E-state index contributed by atoms with van der Waals surface area (Å²) in [5.41, 5.74) is -0.566. The molecule has 1 N–H and O–H groups in total. The van der Waals surface area contributed by atoms with Crippen LogP contribution in [-0.4, -0.2) is 29.1 Å². The van der Waals surface area contributed by atoms with Crippen molar-refractivity contribution < 1.29 is 14.3 Å². The first-order valence-electron chi connectivity index (χ1n) is 5.76. The van der Waals surface area contributed by atoms with E-state index in [9.17, 15) is 9.90 Å². The molecular formula is C12H16BrNO3. The highest BCUT2D eigenvalue weighted by Gasteiger charge is 2.43. The van der Waals surface area contributed by atoms with Gasteiger partial charge in [0.2, 0.25) is 0 Å². The van der Waals surface area contributed by atoms with E-state index in [1.54, 1.807) is 0 Å². The molecule has 17 heavy (non-hydrogen) atoms. The maximum Gasteiger partial charge on any atom is 0.310 e. The van der Waals surface area contributed by atoms with Crippen molar-refractivity contribution in [3.63, 3.8) is 0 Å². The Kier molecular flexibility index (Phi) is 3.58. The molecule has 1 aromatic heterocycles. The second kappa shape index (κ2) is 4.82. The number of nitrogens with zero attached hydrogens (tertiary/aromatic N) is 1. The Hall–Kier alpha value is -0.810. The second-order valence-electron chi connectivity index (χ2n) is 4.61. The lowest BCUT2D eigenvalue weighted by Gasteiger charge is -2.22. The van der Waals surface area contributed by atoms with E-state index in [1.165, 1.54) is 0 Å². The molecule has 0 amide bonds. The smallest absolute Gasteiger partial charge is 0.310 e. The summed E-state index contributed by atoms with van der Waals surface area (Å²) in [5.74, 6) is 0.192. The lowest BCUT2D eigenvalue weighted by atomic mass is 9.84. The molecule has 94 valence electrons. The van der Waals surface area contributed by atoms with Crippen LogP contribution in [0.1, 0.15) is 25.5 Å². The third-order valence-electron chi connectivity index (χ3n) is 3.57. The second-order valence-corrected chi connectivity index (χ2v) is 5.39. The van der Waals surface area contributed by atoms with Gasteiger partial charge < -0.3 is 9.52 Å². The van der Waals surface area contributed by atoms with Crippen molar-refractivity contribution in [1.82, 2.24) is 4.90 Å². The largest absolute Gasteiger partial charge is 0.481 e.